The molecule has 260 valence electrons. The Kier molecular flexibility index (Phi) is 10.0. The van der Waals surface area contributed by atoms with Gasteiger partial charge in [-0.3, -0.25) is 4.79 Å². The first-order valence-corrected chi connectivity index (χ1v) is 17.9. The summed E-state index contributed by atoms with van der Waals surface area (Å²) in [5.41, 5.74) is 5.87. The number of amides is 3. The van der Waals surface area contributed by atoms with E-state index >= 15 is 0 Å². The summed E-state index contributed by atoms with van der Waals surface area (Å²) >= 11 is 0. The number of carbonyl (C=O) groups excluding carboxylic acids is 2. The number of benzene rings is 2. The summed E-state index contributed by atoms with van der Waals surface area (Å²) in [5.74, 6) is 8.25. The molecule has 5 heterocycles. The number of likely N-dealkylation sites (tertiary alicyclic amines) is 1. The normalized spacial score (nSPS) is 20.2. The van der Waals surface area contributed by atoms with Gasteiger partial charge in [-0.2, -0.15) is 0 Å². The number of imidazole rings is 2. The maximum Gasteiger partial charge on any atom is 0.318 e. The van der Waals surface area contributed by atoms with Crippen LogP contribution in [0.2, 0.25) is 0 Å². The van der Waals surface area contributed by atoms with Gasteiger partial charge in [0.15, 0.2) is 0 Å². The first-order chi connectivity index (χ1) is 24.3. The number of aromatic nitrogens is 4. The van der Waals surface area contributed by atoms with Crippen LogP contribution in [-0.4, -0.2) is 98.9 Å². The van der Waals surface area contributed by atoms with Crippen molar-refractivity contribution in [3.63, 3.8) is 0 Å². The molecule has 11 heteroatoms. The number of likely N-dealkylation sites (N-methyl/N-ethyl adjacent to an activating group) is 1. The summed E-state index contributed by atoms with van der Waals surface area (Å²) < 4.78 is 0. The van der Waals surface area contributed by atoms with Crippen LogP contribution < -0.4 is 10.6 Å². The van der Waals surface area contributed by atoms with E-state index in [2.05, 4.69) is 61.5 Å². The molecule has 3 aliphatic rings. The second-order valence-electron chi connectivity index (χ2n) is 14.1. The van der Waals surface area contributed by atoms with E-state index in [0.717, 1.165) is 84.2 Å². The Hall–Kier alpha value is -4.92. The van der Waals surface area contributed by atoms with Gasteiger partial charge in [-0.05, 0) is 80.6 Å². The lowest BCUT2D eigenvalue weighted by Crippen LogP contribution is -2.57. The Bertz CT molecular complexity index is 1840. The zero-order chi connectivity index (χ0) is 34.6. The first-order valence-electron chi connectivity index (χ1n) is 17.9. The van der Waals surface area contributed by atoms with Crippen LogP contribution in [0.25, 0.3) is 22.5 Å². The van der Waals surface area contributed by atoms with E-state index in [-0.39, 0.29) is 23.9 Å². The number of nitrogens with one attached hydrogen (secondary N) is 4. The van der Waals surface area contributed by atoms with Crippen molar-refractivity contribution in [2.24, 2.45) is 5.92 Å². The number of urea groups is 1. The molecule has 2 aromatic carbocycles. The van der Waals surface area contributed by atoms with Crippen molar-refractivity contribution in [3.05, 3.63) is 83.7 Å². The first kappa shape index (κ1) is 33.6. The molecular formula is C39H47N9O2. The van der Waals surface area contributed by atoms with Crippen LogP contribution in [0.3, 0.4) is 0 Å². The van der Waals surface area contributed by atoms with Crippen molar-refractivity contribution in [1.29, 1.82) is 0 Å². The zero-order valence-corrected chi connectivity index (χ0v) is 29.2. The van der Waals surface area contributed by atoms with Gasteiger partial charge in [0.2, 0.25) is 5.91 Å². The molecule has 11 nitrogen and oxygen atoms in total. The highest BCUT2D eigenvalue weighted by atomic mass is 16.2. The van der Waals surface area contributed by atoms with Crippen molar-refractivity contribution in [3.8, 4) is 34.4 Å². The summed E-state index contributed by atoms with van der Waals surface area (Å²) in [6, 6.07) is 15.8. The Balaban J connectivity index is 0.972. The molecule has 2 aromatic heterocycles. The summed E-state index contributed by atoms with van der Waals surface area (Å²) in [6.45, 7) is 8.65. The number of rotatable bonds is 7. The average Bonchev–Trinajstić information content (AvgIpc) is 3.97. The van der Waals surface area contributed by atoms with E-state index < -0.39 is 6.04 Å². The molecule has 3 saturated heterocycles. The van der Waals surface area contributed by atoms with Crippen LogP contribution in [0, 0.1) is 17.8 Å². The molecule has 0 saturated carbocycles. The second kappa shape index (κ2) is 14.9. The lowest BCUT2D eigenvalue weighted by atomic mass is 10.0. The molecule has 0 spiro atoms. The number of nitrogens with zero attached hydrogens (tertiary/aromatic N) is 5. The monoisotopic (exact) mass is 673 g/mol. The maximum absolute atomic E-state index is 13.9. The fourth-order valence-electron chi connectivity index (χ4n) is 7.08. The van der Waals surface area contributed by atoms with E-state index in [4.69, 9.17) is 4.98 Å². The largest absolute Gasteiger partial charge is 0.341 e. The third-order valence-corrected chi connectivity index (χ3v) is 10.2. The predicted molar refractivity (Wildman–Crippen MR) is 194 cm³/mol. The van der Waals surface area contributed by atoms with Gasteiger partial charge < -0.3 is 35.3 Å². The van der Waals surface area contributed by atoms with Crippen molar-refractivity contribution >= 4 is 11.9 Å². The minimum absolute atomic E-state index is 0.0391. The molecule has 0 bridgehead atoms. The van der Waals surface area contributed by atoms with Crippen LogP contribution in [0.4, 0.5) is 4.79 Å². The SMILES string of the molecule is CC(C)[C@H](NC(=O)N1CCN(C)CC1)C(=O)N1CCC[C@H]1c1ncc(-c2ccc(C#Cc3ccc(-c4cnc([C@@H]5CCCN5)[nH]4)cc3)cc2)[nH]1. The van der Waals surface area contributed by atoms with Crippen molar-refractivity contribution in [1.82, 2.24) is 45.3 Å². The van der Waals surface area contributed by atoms with Gasteiger partial charge >= 0.3 is 6.03 Å². The molecule has 0 aliphatic carbocycles. The van der Waals surface area contributed by atoms with Crippen molar-refractivity contribution < 1.29 is 9.59 Å². The third-order valence-electron chi connectivity index (χ3n) is 10.2. The van der Waals surface area contributed by atoms with Crippen LogP contribution in [0.1, 0.15) is 74.4 Å². The highest BCUT2D eigenvalue weighted by Crippen LogP contribution is 2.33. The molecule has 4 N–H and O–H groups in total. The van der Waals surface area contributed by atoms with Crippen molar-refractivity contribution in [2.75, 3.05) is 46.3 Å². The number of hydrogen-bond donors (Lipinski definition) is 4. The minimum Gasteiger partial charge on any atom is -0.341 e. The Labute approximate surface area is 294 Å². The van der Waals surface area contributed by atoms with Gasteiger partial charge in [-0.1, -0.05) is 50.0 Å². The number of carbonyl (C=O) groups is 2. The smallest absolute Gasteiger partial charge is 0.318 e. The van der Waals surface area contributed by atoms with E-state index in [1.165, 1.54) is 6.42 Å². The van der Waals surface area contributed by atoms with Gasteiger partial charge in [-0.25, -0.2) is 14.8 Å². The predicted octanol–water partition coefficient (Wildman–Crippen LogP) is 4.94. The molecule has 7 rings (SSSR count). The zero-order valence-electron chi connectivity index (χ0n) is 29.2. The van der Waals surface area contributed by atoms with E-state index in [9.17, 15) is 9.59 Å². The van der Waals surface area contributed by atoms with Gasteiger partial charge in [0.25, 0.3) is 0 Å². The lowest BCUT2D eigenvalue weighted by Gasteiger charge is -2.35. The number of hydrogen-bond acceptors (Lipinski definition) is 6. The molecular weight excluding hydrogens is 626 g/mol. The van der Waals surface area contributed by atoms with E-state index in [0.29, 0.717) is 25.7 Å². The van der Waals surface area contributed by atoms with E-state index in [1.54, 1.807) is 0 Å². The quantitative estimate of drug-likeness (QED) is 0.206. The molecule has 3 atom stereocenters. The summed E-state index contributed by atoms with van der Waals surface area (Å²) in [4.78, 5) is 49.1. The Morgan fingerprint density at radius 2 is 1.40 bits per heavy atom. The van der Waals surface area contributed by atoms with Gasteiger partial charge in [0.05, 0.1) is 35.9 Å². The molecule has 0 unspecified atom stereocenters. The van der Waals surface area contributed by atoms with Crippen molar-refractivity contribution in [2.45, 2.75) is 57.7 Å². The van der Waals surface area contributed by atoms with Gasteiger partial charge in [0, 0.05) is 43.9 Å². The fraction of sp³-hybridized carbons (Fsp3) is 0.436. The minimum atomic E-state index is -0.590. The maximum atomic E-state index is 13.9. The fourth-order valence-corrected chi connectivity index (χ4v) is 7.08. The number of aromatic amines is 2. The summed E-state index contributed by atoms with van der Waals surface area (Å²) in [7, 11) is 2.06. The second-order valence-corrected chi connectivity index (χ2v) is 14.1. The topological polar surface area (TPSA) is 125 Å². The van der Waals surface area contributed by atoms with Crippen LogP contribution in [0.15, 0.2) is 60.9 Å². The summed E-state index contributed by atoms with van der Waals surface area (Å²) in [6.07, 6.45) is 7.76. The number of piperazine rings is 1. The molecule has 4 aromatic rings. The van der Waals surface area contributed by atoms with E-state index in [1.807, 2.05) is 72.4 Å². The van der Waals surface area contributed by atoms with Gasteiger partial charge in [0.1, 0.15) is 17.7 Å². The lowest BCUT2D eigenvalue weighted by molar-refractivity contribution is -0.135. The van der Waals surface area contributed by atoms with Crippen LogP contribution in [-0.2, 0) is 4.79 Å². The molecule has 3 amide bonds. The van der Waals surface area contributed by atoms with Gasteiger partial charge in [-0.15, -0.1) is 0 Å². The highest BCUT2D eigenvalue weighted by Gasteiger charge is 2.38. The Morgan fingerprint density at radius 1 is 0.800 bits per heavy atom. The standard InChI is InChI=1S/C39H47N9O2/c1-26(2)35(45-39(50)47-22-20-46(3)21-23-47)38(49)48-19-5-7-34(48)37-42-25-33(44-37)30-16-12-28(13-17-30)9-8-27-10-14-29(15-11-27)32-24-41-36(43-32)31-6-4-18-40-31/h10-17,24-26,31,34-35,40H,4-7,18-23H2,1-3H3,(H,41,43)(H,42,44)(H,45,50)/t31-,34-,35-/m0/s1. The van der Waals surface area contributed by atoms with Crippen LogP contribution >= 0.6 is 0 Å². The molecule has 3 aliphatic heterocycles. The molecule has 3 fully saturated rings. The molecule has 50 heavy (non-hydrogen) atoms. The van der Waals surface area contributed by atoms with Crippen LogP contribution in [0.5, 0.6) is 0 Å². The third kappa shape index (κ3) is 7.47. The Morgan fingerprint density at radius 3 is 1.98 bits per heavy atom. The molecule has 0 radical (unpaired) electrons. The average molecular weight is 674 g/mol. The summed E-state index contributed by atoms with van der Waals surface area (Å²) in [5, 5.41) is 6.54. The highest BCUT2D eigenvalue weighted by molar-refractivity contribution is 5.88. The number of H-pyrrole nitrogens is 2.